The van der Waals surface area contributed by atoms with E-state index in [0.717, 1.165) is 12.1 Å². The Morgan fingerprint density at radius 3 is 2.71 bits per heavy atom. The predicted molar refractivity (Wildman–Crippen MR) is 73.1 cm³/mol. The maximum absolute atomic E-state index is 12.6. The fourth-order valence-corrected chi connectivity index (χ4v) is 4.13. The first-order chi connectivity index (χ1) is 9.70. The van der Waals surface area contributed by atoms with Crippen molar-refractivity contribution >= 4 is 10.0 Å². The van der Waals surface area contributed by atoms with Crippen LogP contribution in [0.5, 0.6) is 0 Å². The van der Waals surface area contributed by atoms with Crippen molar-refractivity contribution in [1.29, 1.82) is 0 Å². The average Bonchev–Trinajstić information content (AvgIpc) is 2.37. The first kappa shape index (κ1) is 16.3. The number of piperazine rings is 1. The number of nitrogens with zero attached hydrogens (tertiary/aromatic N) is 1. The fraction of sp³-hybridized carbons (Fsp3) is 0.538. The summed E-state index contributed by atoms with van der Waals surface area (Å²) in [5, 5.41) is 3.07. The van der Waals surface area contributed by atoms with Gasteiger partial charge in [0.2, 0.25) is 10.0 Å². The monoisotopic (exact) mass is 322 g/mol. The summed E-state index contributed by atoms with van der Waals surface area (Å²) in [7, 11) is -3.62. The van der Waals surface area contributed by atoms with Gasteiger partial charge in [0, 0.05) is 25.7 Å². The van der Waals surface area contributed by atoms with Crippen molar-refractivity contribution < 1.29 is 21.6 Å². The molecule has 2 rings (SSSR count). The number of nitrogens with one attached hydrogen (secondary N) is 1. The predicted octanol–water partition coefficient (Wildman–Crippen LogP) is 1.83. The fourth-order valence-electron chi connectivity index (χ4n) is 2.37. The van der Waals surface area contributed by atoms with Gasteiger partial charge in [-0.25, -0.2) is 8.42 Å². The number of rotatable bonds is 3. The molecule has 0 aromatic heterocycles. The van der Waals surface area contributed by atoms with Gasteiger partial charge in [0.05, 0.1) is 11.3 Å². The molecule has 21 heavy (non-hydrogen) atoms. The maximum Gasteiger partial charge on any atom is 0.416 e. The molecular weight excluding hydrogens is 305 g/mol. The smallest absolute Gasteiger partial charge is 0.314 e. The Hall–Kier alpha value is -1.12. The molecule has 4 nitrogen and oxygen atoms in total. The minimum absolute atomic E-state index is 0.149. The summed E-state index contributed by atoms with van der Waals surface area (Å²) in [4.78, 5) is 0. The second kappa shape index (κ2) is 5.94. The third kappa shape index (κ3) is 3.96. The Morgan fingerprint density at radius 2 is 2.10 bits per heavy atom. The van der Waals surface area contributed by atoms with E-state index >= 15 is 0 Å². The van der Waals surface area contributed by atoms with Crippen molar-refractivity contribution in [2.45, 2.75) is 24.9 Å². The van der Waals surface area contributed by atoms with Crippen LogP contribution in [0.15, 0.2) is 24.3 Å². The molecule has 0 spiro atoms. The molecular formula is C13H17F3N2O2S. The Morgan fingerprint density at radius 1 is 1.38 bits per heavy atom. The van der Waals surface area contributed by atoms with Crippen LogP contribution in [0.2, 0.25) is 0 Å². The Kier molecular flexibility index (Phi) is 4.60. The van der Waals surface area contributed by atoms with E-state index in [1.165, 1.54) is 16.4 Å². The zero-order valence-corrected chi connectivity index (χ0v) is 12.3. The van der Waals surface area contributed by atoms with Crippen LogP contribution in [0, 0.1) is 0 Å². The molecule has 0 unspecified atom stereocenters. The summed E-state index contributed by atoms with van der Waals surface area (Å²) in [6, 6.07) is 4.26. The third-order valence-electron chi connectivity index (χ3n) is 3.40. The van der Waals surface area contributed by atoms with Crippen LogP contribution in [-0.4, -0.2) is 38.4 Å². The van der Waals surface area contributed by atoms with Crippen LogP contribution >= 0.6 is 0 Å². The highest BCUT2D eigenvalue weighted by Crippen LogP contribution is 2.30. The molecule has 0 radical (unpaired) electrons. The Balaban J connectivity index is 2.20. The van der Waals surface area contributed by atoms with Crippen LogP contribution in [0.3, 0.4) is 0 Å². The van der Waals surface area contributed by atoms with E-state index in [0.29, 0.717) is 19.6 Å². The minimum atomic E-state index is -4.47. The summed E-state index contributed by atoms with van der Waals surface area (Å²) in [6.45, 7) is 3.20. The molecule has 0 saturated carbocycles. The van der Waals surface area contributed by atoms with Crippen molar-refractivity contribution in [3.63, 3.8) is 0 Å². The van der Waals surface area contributed by atoms with Crippen molar-refractivity contribution in [1.82, 2.24) is 9.62 Å². The zero-order chi connectivity index (χ0) is 15.7. The van der Waals surface area contributed by atoms with Crippen LogP contribution in [-0.2, 0) is 22.0 Å². The lowest BCUT2D eigenvalue weighted by molar-refractivity contribution is -0.137. The average molecular weight is 322 g/mol. The second-order valence-electron chi connectivity index (χ2n) is 5.12. The number of alkyl halides is 3. The molecule has 1 saturated heterocycles. The van der Waals surface area contributed by atoms with E-state index in [4.69, 9.17) is 0 Å². The first-order valence-electron chi connectivity index (χ1n) is 6.56. The highest BCUT2D eigenvalue weighted by Gasteiger charge is 2.32. The molecule has 1 aromatic rings. The van der Waals surface area contributed by atoms with Gasteiger partial charge >= 0.3 is 6.18 Å². The molecule has 0 bridgehead atoms. The van der Waals surface area contributed by atoms with Gasteiger partial charge in [-0.3, -0.25) is 0 Å². The van der Waals surface area contributed by atoms with E-state index in [1.807, 2.05) is 0 Å². The second-order valence-corrected chi connectivity index (χ2v) is 7.04. The number of halogens is 3. The van der Waals surface area contributed by atoms with Gasteiger partial charge in [-0.1, -0.05) is 18.2 Å². The van der Waals surface area contributed by atoms with Crippen LogP contribution in [0.4, 0.5) is 13.2 Å². The summed E-state index contributed by atoms with van der Waals surface area (Å²) in [6.07, 6.45) is -4.47. The van der Waals surface area contributed by atoms with Crippen molar-refractivity contribution in [2.75, 3.05) is 19.6 Å². The molecule has 8 heteroatoms. The molecule has 118 valence electrons. The lowest BCUT2D eigenvalue weighted by Crippen LogP contribution is -2.52. The molecule has 1 aromatic carbocycles. The van der Waals surface area contributed by atoms with E-state index in [1.54, 1.807) is 6.92 Å². The van der Waals surface area contributed by atoms with Gasteiger partial charge in [-0.2, -0.15) is 17.5 Å². The number of hydrogen-bond donors (Lipinski definition) is 1. The quantitative estimate of drug-likeness (QED) is 0.924. The van der Waals surface area contributed by atoms with Crippen LogP contribution in [0.25, 0.3) is 0 Å². The van der Waals surface area contributed by atoms with Gasteiger partial charge < -0.3 is 5.32 Å². The summed E-state index contributed by atoms with van der Waals surface area (Å²) < 4.78 is 64.0. The molecule has 0 aliphatic carbocycles. The summed E-state index contributed by atoms with van der Waals surface area (Å²) in [5.74, 6) is -0.415. The highest BCUT2D eigenvalue weighted by molar-refractivity contribution is 7.88. The number of sulfonamides is 1. The van der Waals surface area contributed by atoms with Crippen molar-refractivity contribution in [3.05, 3.63) is 35.4 Å². The van der Waals surface area contributed by atoms with E-state index in [-0.39, 0.29) is 11.6 Å². The van der Waals surface area contributed by atoms with Gasteiger partial charge in [0.1, 0.15) is 0 Å². The third-order valence-corrected chi connectivity index (χ3v) is 5.36. The molecule has 1 atom stereocenters. The minimum Gasteiger partial charge on any atom is -0.314 e. The van der Waals surface area contributed by atoms with Crippen LogP contribution < -0.4 is 5.32 Å². The zero-order valence-electron chi connectivity index (χ0n) is 11.5. The van der Waals surface area contributed by atoms with Crippen molar-refractivity contribution in [2.24, 2.45) is 0 Å². The van der Waals surface area contributed by atoms with Crippen molar-refractivity contribution in [3.8, 4) is 0 Å². The first-order valence-corrected chi connectivity index (χ1v) is 8.17. The molecule has 1 aliphatic rings. The SMILES string of the molecule is C[C@H]1CNCCN1S(=O)(=O)Cc1cccc(C(F)(F)F)c1. The van der Waals surface area contributed by atoms with E-state index < -0.39 is 27.5 Å². The maximum atomic E-state index is 12.6. The molecule has 1 fully saturated rings. The standard InChI is InChI=1S/C13H17F3N2O2S/c1-10-8-17-5-6-18(10)21(19,20)9-11-3-2-4-12(7-11)13(14,15)16/h2-4,7,10,17H,5-6,8-9H2,1H3/t10-/m0/s1. The summed E-state index contributed by atoms with van der Waals surface area (Å²) in [5.41, 5.74) is -0.681. The molecule has 1 heterocycles. The normalized spacial score (nSPS) is 21.4. The van der Waals surface area contributed by atoms with Gasteiger partial charge in [0.25, 0.3) is 0 Å². The van der Waals surface area contributed by atoms with Crippen LogP contribution in [0.1, 0.15) is 18.1 Å². The van der Waals surface area contributed by atoms with Gasteiger partial charge in [-0.05, 0) is 18.6 Å². The van der Waals surface area contributed by atoms with E-state index in [2.05, 4.69) is 5.32 Å². The van der Waals surface area contributed by atoms with E-state index in [9.17, 15) is 21.6 Å². The highest BCUT2D eigenvalue weighted by atomic mass is 32.2. The van der Waals surface area contributed by atoms with Gasteiger partial charge in [0.15, 0.2) is 0 Å². The topological polar surface area (TPSA) is 49.4 Å². The lowest BCUT2D eigenvalue weighted by Gasteiger charge is -2.32. The Labute approximate surface area is 122 Å². The molecule has 1 aliphatic heterocycles. The molecule has 0 amide bonds. The summed E-state index contributed by atoms with van der Waals surface area (Å²) >= 11 is 0. The van der Waals surface area contributed by atoms with Gasteiger partial charge in [-0.15, -0.1) is 0 Å². The lowest BCUT2D eigenvalue weighted by atomic mass is 10.1. The number of benzene rings is 1. The largest absolute Gasteiger partial charge is 0.416 e. The molecule has 1 N–H and O–H groups in total. The Bertz CT molecular complexity index is 602. The number of hydrogen-bond acceptors (Lipinski definition) is 3.